The Morgan fingerprint density at radius 1 is 1.47 bits per heavy atom. The second-order valence-corrected chi connectivity index (χ2v) is 4.69. The number of carbonyl (C=O) groups is 2. The first-order valence-electron chi connectivity index (χ1n) is 5.09. The van der Waals surface area contributed by atoms with Crippen LogP contribution >= 0.6 is 27.5 Å². The van der Waals surface area contributed by atoms with Crippen LogP contribution in [-0.4, -0.2) is 18.4 Å². The van der Waals surface area contributed by atoms with Crippen LogP contribution in [-0.2, 0) is 9.53 Å². The summed E-state index contributed by atoms with van der Waals surface area (Å²) in [6, 6.07) is 5.08. The van der Waals surface area contributed by atoms with Gasteiger partial charge in [-0.05, 0) is 41.4 Å². The van der Waals surface area contributed by atoms with E-state index in [9.17, 15) is 9.59 Å². The molecule has 0 saturated heterocycles. The van der Waals surface area contributed by atoms with Gasteiger partial charge in [-0.2, -0.15) is 0 Å². The van der Waals surface area contributed by atoms with Gasteiger partial charge in [0, 0.05) is 4.47 Å². The third-order valence-electron chi connectivity index (χ3n) is 2.16. The molecule has 0 N–H and O–H groups in total. The number of carbonyl (C=O) groups excluding carboxylic acids is 2. The molecule has 1 aromatic carbocycles. The van der Waals surface area contributed by atoms with Crippen molar-refractivity contribution in [3.8, 4) is 0 Å². The Hall–Kier alpha value is -0.870. The molecule has 0 bridgehead atoms. The van der Waals surface area contributed by atoms with Gasteiger partial charge in [0.2, 0.25) is 0 Å². The molecular weight excluding hydrogens is 307 g/mol. The zero-order chi connectivity index (χ0) is 13.0. The molecule has 0 aromatic heterocycles. The fourth-order valence-corrected chi connectivity index (χ4v) is 2.11. The zero-order valence-corrected chi connectivity index (χ0v) is 11.8. The van der Waals surface area contributed by atoms with E-state index in [1.165, 1.54) is 6.92 Å². The number of alkyl halides is 1. The molecule has 1 aromatic rings. The first kappa shape index (κ1) is 14.2. The minimum Gasteiger partial charge on any atom is -0.462 e. The average Bonchev–Trinajstić information content (AvgIpc) is 2.27. The normalized spacial score (nSPS) is 12.0. The molecule has 0 aliphatic heterocycles. The fraction of sp³-hybridized carbons (Fsp3) is 0.333. The van der Waals surface area contributed by atoms with E-state index >= 15 is 0 Å². The Balaban J connectivity index is 3.26. The summed E-state index contributed by atoms with van der Waals surface area (Å²) in [5.74, 6) is -0.697. The highest BCUT2D eigenvalue weighted by molar-refractivity contribution is 9.10. The number of ether oxygens (including phenoxy) is 1. The molecule has 0 heterocycles. The highest BCUT2D eigenvalue weighted by Crippen LogP contribution is 2.30. The molecule has 92 valence electrons. The SMILES string of the molecule is CCOC(=O)c1c(Br)cccc1C(Cl)C(C)=O. The van der Waals surface area contributed by atoms with Gasteiger partial charge in [-0.25, -0.2) is 4.79 Å². The maximum atomic E-state index is 11.8. The van der Waals surface area contributed by atoms with Gasteiger partial charge in [-0.1, -0.05) is 12.1 Å². The Morgan fingerprint density at radius 2 is 2.12 bits per heavy atom. The maximum Gasteiger partial charge on any atom is 0.339 e. The predicted molar refractivity (Wildman–Crippen MR) is 69.4 cm³/mol. The molecule has 0 spiro atoms. The average molecular weight is 320 g/mol. The largest absolute Gasteiger partial charge is 0.462 e. The Bertz CT molecular complexity index is 445. The van der Waals surface area contributed by atoms with E-state index in [1.807, 2.05) is 0 Å². The third-order valence-corrected chi connectivity index (χ3v) is 3.36. The van der Waals surface area contributed by atoms with E-state index in [-0.39, 0.29) is 12.4 Å². The van der Waals surface area contributed by atoms with Crippen LogP contribution < -0.4 is 0 Å². The summed E-state index contributed by atoms with van der Waals surface area (Å²) in [6.45, 7) is 3.37. The number of hydrogen-bond donors (Lipinski definition) is 0. The lowest BCUT2D eigenvalue weighted by atomic mass is 10.0. The molecule has 1 atom stereocenters. The summed E-state index contributed by atoms with van der Waals surface area (Å²) in [7, 11) is 0. The van der Waals surface area contributed by atoms with Crippen LogP contribution in [0, 0.1) is 0 Å². The van der Waals surface area contributed by atoms with Gasteiger partial charge in [-0.15, -0.1) is 11.6 Å². The summed E-state index contributed by atoms with van der Waals surface area (Å²) >= 11 is 9.25. The molecule has 0 saturated carbocycles. The van der Waals surface area contributed by atoms with Crippen molar-refractivity contribution in [2.24, 2.45) is 0 Å². The first-order valence-corrected chi connectivity index (χ1v) is 6.32. The van der Waals surface area contributed by atoms with Crippen LogP contribution in [0.15, 0.2) is 22.7 Å². The molecule has 0 aliphatic rings. The summed E-state index contributed by atoms with van der Waals surface area (Å²) in [5.41, 5.74) is 0.775. The Labute approximate surface area is 113 Å². The lowest BCUT2D eigenvalue weighted by Crippen LogP contribution is -2.13. The first-order chi connectivity index (χ1) is 7.99. The summed E-state index contributed by atoms with van der Waals surface area (Å²) < 4.78 is 5.51. The minimum atomic E-state index is -0.841. The molecule has 0 aliphatic carbocycles. The van der Waals surface area contributed by atoms with E-state index in [0.717, 1.165) is 0 Å². The molecule has 1 rings (SSSR count). The standard InChI is InChI=1S/C12H12BrClO3/c1-3-17-12(16)10-8(11(14)7(2)15)5-4-6-9(10)13/h4-6,11H,3H2,1-2H3. The van der Waals surface area contributed by atoms with Crippen molar-refractivity contribution < 1.29 is 14.3 Å². The molecule has 0 fully saturated rings. The van der Waals surface area contributed by atoms with Gasteiger partial charge < -0.3 is 4.74 Å². The lowest BCUT2D eigenvalue weighted by molar-refractivity contribution is -0.116. The molecule has 17 heavy (non-hydrogen) atoms. The highest BCUT2D eigenvalue weighted by Gasteiger charge is 2.23. The molecular formula is C12H12BrClO3. The van der Waals surface area contributed by atoms with Crippen molar-refractivity contribution in [2.75, 3.05) is 6.61 Å². The van der Waals surface area contributed by atoms with Crippen LogP contribution in [0.1, 0.15) is 35.1 Å². The molecule has 5 heteroatoms. The third kappa shape index (κ3) is 3.30. The molecule has 1 unspecified atom stereocenters. The highest BCUT2D eigenvalue weighted by atomic mass is 79.9. The van der Waals surface area contributed by atoms with Crippen molar-refractivity contribution in [2.45, 2.75) is 19.2 Å². The van der Waals surface area contributed by atoms with Crippen molar-refractivity contribution >= 4 is 39.3 Å². The van der Waals surface area contributed by atoms with E-state index in [1.54, 1.807) is 25.1 Å². The summed E-state index contributed by atoms with van der Waals surface area (Å²) in [4.78, 5) is 23.1. The van der Waals surface area contributed by atoms with Crippen LogP contribution in [0.4, 0.5) is 0 Å². The number of rotatable bonds is 4. The van der Waals surface area contributed by atoms with Crippen LogP contribution in [0.2, 0.25) is 0 Å². The van der Waals surface area contributed by atoms with Crippen LogP contribution in [0.25, 0.3) is 0 Å². The van der Waals surface area contributed by atoms with Crippen LogP contribution in [0.5, 0.6) is 0 Å². The molecule has 3 nitrogen and oxygen atoms in total. The Morgan fingerprint density at radius 3 is 2.65 bits per heavy atom. The van der Waals surface area contributed by atoms with Crippen molar-refractivity contribution in [1.29, 1.82) is 0 Å². The second-order valence-electron chi connectivity index (χ2n) is 3.40. The van der Waals surface area contributed by atoms with E-state index in [2.05, 4.69) is 15.9 Å². The number of hydrogen-bond acceptors (Lipinski definition) is 3. The van der Waals surface area contributed by atoms with Gasteiger partial charge in [0.05, 0.1) is 12.2 Å². The summed E-state index contributed by atoms with van der Waals surface area (Å²) in [6.07, 6.45) is 0. The monoisotopic (exact) mass is 318 g/mol. The van der Waals surface area contributed by atoms with E-state index < -0.39 is 11.3 Å². The van der Waals surface area contributed by atoms with Crippen molar-refractivity contribution in [3.05, 3.63) is 33.8 Å². The van der Waals surface area contributed by atoms with Gasteiger partial charge in [-0.3, -0.25) is 4.79 Å². The molecule has 0 amide bonds. The summed E-state index contributed by atoms with van der Waals surface area (Å²) in [5, 5.41) is -0.841. The fourth-order valence-electron chi connectivity index (χ4n) is 1.39. The number of benzene rings is 1. The number of esters is 1. The predicted octanol–water partition coefficient (Wildman–Crippen LogP) is 3.49. The van der Waals surface area contributed by atoms with Gasteiger partial charge in [0.15, 0.2) is 5.78 Å². The Kier molecular flexibility index (Phi) is 5.15. The quantitative estimate of drug-likeness (QED) is 0.630. The zero-order valence-electron chi connectivity index (χ0n) is 9.50. The minimum absolute atomic E-state index is 0.213. The van der Waals surface area contributed by atoms with Gasteiger partial charge in [0.25, 0.3) is 0 Å². The number of Topliss-reactive ketones (excluding diaryl/α,β-unsaturated/α-hetero) is 1. The van der Waals surface area contributed by atoms with E-state index in [0.29, 0.717) is 15.6 Å². The molecule has 0 radical (unpaired) electrons. The van der Waals surface area contributed by atoms with Gasteiger partial charge in [0.1, 0.15) is 5.38 Å². The topological polar surface area (TPSA) is 43.4 Å². The van der Waals surface area contributed by atoms with Gasteiger partial charge >= 0.3 is 5.97 Å². The van der Waals surface area contributed by atoms with Crippen LogP contribution in [0.3, 0.4) is 0 Å². The van der Waals surface area contributed by atoms with E-state index in [4.69, 9.17) is 16.3 Å². The number of ketones is 1. The maximum absolute atomic E-state index is 11.8. The second kappa shape index (κ2) is 6.17. The smallest absolute Gasteiger partial charge is 0.339 e. The lowest BCUT2D eigenvalue weighted by Gasteiger charge is -2.13. The van der Waals surface area contributed by atoms with Crippen molar-refractivity contribution in [3.63, 3.8) is 0 Å². The van der Waals surface area contributed by atoms with Crippen molar-refractivity contribution in [1.82, 2.24) is 0 Å². The number of halogens is 2.